The monoisotopic (exact) mass is 436 g/mol. The van der Waals surface area contributed by atoms with E-state index in [2.05, 4.69) is 10.0 Å². The van der Waals surface area contributed by atoms with Crippen LogP contribution in [0.5, 0.6) is 11.5 Å². The topological polar surface area (TPSA) is 103 Å². The van der Waals surface area contributed by atoms with E-state index in [4.69, 9.17) is 14.2 Å². The van der Waals surface area contributed by atoms with Crippen molar-refractivity contribution < 1.29 is 27.4 Å². The highest BCUT2D eigenvalue weighted by atomic mass is 32.2. The van der Waals surface area contributed by atoms with Crippen molar-refractivity contribution >= 4 is 15.9 Å². The van der Waals surface area contributed by atoms with Crippen LogP contribution < -0.4 is 19.5 Å². The Labute approximate surface area is 177 Å². The second-order valence-electron chi connectivity index (χ2n) is 6.75. The quantitative estimate of drug-likeness (QED) is 0.556. The number of hydrogen-bond acceptors (Lipinski definition) is 6. The second-order valence-corrected chi connectivity index (χ2v) is 8.46. The zero-order valence-corrected chi connectivity index (χ0v) is 18.4. The molecule has 8 nitrogen and oxygen atoms in total. The van der Waals surface area contributed by atoms with E-state index in [-0.39, 0.29) is 23.1 Å². The number of carbonyl (C=O) groups is 1. The highest BCUT2D eigenvalue weighted by Gasteiger charge is 2.27. The number of hydrogen-bond donors (Lipinski definition) is 2. The van der Waals surface area contributed by atoms with E-state index < -0.39 is 22.0 Å². The van der Waals surface area contributed by atoms with E-state index in [1.54, 1.807) is 6.92 Å². The van der Waals surface area contributed by atoms with Crippen LogP contribution in [0.1, 0.15) is 12.5 Å². The third kappa shape index (κ3) is 6.45. The number of amides is 1. The van der Waals surface area contributed by atoms with Gasteiger partial charge < -0.3 is 19.5 Å². The van der Waals surface area contributed by atoms with E-state index in [0.29, 0.717) is 12.4 Å². The molecule has 9 heteroatoms. The summed E-state index contributed by atoms with van der Waals surface area (Å²) < 4.78 is 43.9. The van der Waals surface area contributed by atoms with Crippen LogP contribution in [-0.4, -0.2) is 54.3 Å². The molecule has 0 saturated carbocycles. The molecule has 2 N–H and O–H groups in total. The van der Waals surface area contributed by atoms with Crippen molar-refractivity contribution in [1.82, 2.24) is 10.0 Å². The van der Waals surface area contributed by atoms with Gasteiger partial charge in [-0.15, -0.1) is 0 Å². The lowest BCUT2D eigenvalue weighted by Gasteiger charge is -2.21. The Hall–Kier alpha value is -2.62. The third-order valence-corrected chi connectivity index (χ3v) is 5.84. The first kappa shape index (κ1) is 23.7. The summed E-state index contributed by atoms with van der Waals surface area (Å²) in [6.07, 6.45) is 0.193. The summed E-state index contributed by atoms with van der Waals surface area (Å²) in [7, 11) is 0.409. The lowest BCUT2D eigenvalue weighted by molar-refractivity contribution is -0.123. The maximum atomic E-state index is 13.0. The Kier molecular flexibility index (Phi) is 8.64. The number of methoxy groups -OCH3 is 3. The van der Waals surface area contributed by atoms with E-state index >= 15 is 0 Å². The first-order chi connectivity index (χ1) is 14.3. The van der Waals surface area contributed by atoms with Gasteiger partial charge in [-0.05, 0) is 31.0 Å². The molecule has 2 aromatic carbocycles. The first-order valence-corrected chi connectivity index (χ1v) is 10.9. The molecule has 2 atom stereocenters. The van der Waals surface area contributed by atoms with Crippen molar-refractivity contribution in [2.75, 3.05) is 27.9 Å². The molecule has 0 unspecified atom stereocenters. The molecule has 2 rings (SSSR count). The minimum Gasteiger partial charge on any atom is -0.493 e. The molecule has 0 aliphatic heterocycles. The molecule has 0 fully saturated rings. The number of benzene rings is 2. The van der Waals surface area contributed by atoms with Gasteiger partial charge in [0.25, 0.3) is 0 Å². The van der Waals surface area contributed by atoms with Gasteiger partial charge >= 0.3 is 0 Å². The van der Waals surface area contributed by atoms with Gasteiger partial charge in [-0.3, -0.25) is 4.79 Å². The average Bonchev–Trinajstić information content (AvgIpc) is 2.73. The van der Waals surface area contributed by atoms with Gasteiger partial charge in [-0.1, -0.05) is 30.3 Å². The highest BCUT2D eigenvalue weighted by molar-refractivity contribution is 7.89. The number of rotatable bonds is 11. The van der Waals surface area contributed by atoms with Crippen LogP contribution >= 0.6 is 0 Å². The van der Waals surface area contributed by atoms with Gasteiger partial charge in [0.1, 0.15) is 6.04 Å². The molecule has 0 spiro atoms. The first-order valence-electron chi connectivity index (χ1n) is 9.38. The van der Waals surface area contributed by atoms with Gasteiger partial charge in [0.15, 0.2) is 11.5 Å². The Bertz CT molecular complexity index is 934. The fraction of sp³-hybridized carbons (Fsp3) is 0.381. The summed E-state index contributed by atoms with van der Waals surface area (Å²) in [6, 6.07) is 12.2. The molecular formula is C21H28N2O6S. The summed E-state index contributed by atoms with van der Waals surface area (Å²) in [4.78, 5) is 12.8. The number of carbonyl (C=O) groups excluding carboxylic acids is 1. The van der Waals surface area contributed by atoms with Gasteiger partial charge in [0.05, 0.1) is 25.7 Å². The maximum Gasteiger partial charge on any atom is 0.241 e. The number of nitrogens with one attached hydrogen (secondary N) is 2. The van der Waals surface area contributed by atoms with Crippen molar-refractivity contribution in [3.63, 3.8) is 0 Å². The summed E-state index contributed by atoms with van der Waals surface area (Å²) in [5.41, 5.74) is 0.826. The Morgan fingerprint density at radius 3 is 2.27 bits per heavy atom. The van der Waals surface area contributed by atoms with Crippen molar-refractivity contribution in [2.45, 2.75) is 30.3 Å². The number of sulfonamides is 1. The molecule has 0 heterocycles. The standard InChI is InChI=1S/C21H28N2O6S/c1-15(14-27-2)22-21(24)18(12-16-8-6-5-7-9-16)23-30(25,26)17-10-11-19(28-3)20(13-17)29-4/h5-11,13,15,18,23H,12,14H2,1-4H3,(H,22,24)/t15-,18+/m0/s1. The van der Waals surface area contributed by atoms with E-state index in [1.807, 2.05) is 30.3 Å². The molecule has 0 bridgehead atoms. The predicted molar refractivity (Wildman–Crippen MR) is 113 cm³/mol. The predicted octanol–water partition coefficient (Wildman–Crippen LogP) is 1.74. The largest absolute Gasteiger partial charge is 0.493 e. The Morgan fingerprint density at radius 2 is 1.67 bits per heavy atom. The summed E-state index contributed by atoms with van der Waals surface area (Å²) in [5.74, 6) is 0.244. The minimum absolute atomic E-state index is 0.0315. The van der Waals surface area contributed by atoms with Crippen molar-refractivity contribution in [3.8, 4) is 11.5 Å². The van der Waals surface area contributed by atoms with Gasteiger partial charge in [0, 0.05) is 19.2 Å². The molecule has 164 valence electrons. The summed E-state index contributed by atoms with van der Waals surface area (Å²) in [6.45, 7) is 2.09. The van der Waals surface area contributed by atoms with Crippen LogP contribution in [-0.2, 0) is 26.0 Å². The molecule has 0 aromatic heterocycles. The molecule has 30 heavy (non-hydrogen) atoms. The smallest absolute Gasteiger partial charge is 0.241 e. The maximum absolute atomic E-state index is 13.0. The van der Waals surface area contributed by atoms with Crippen LogP contribution in [0.3, 0.4) is 0 Å². The molecule has 2 aromatic rings. The zero-order chi connectivity index (χ0) is 22.1. The van der Waals surface area contributed by atoms with Crippen molar-refractivity contribution in [2.24, 2.45) is 0 Å². The highest BCUT2D eigenvalue weighted by Crippen LogP contribution is 2.29. The fourth-order valence-electron chi connectivity index (χ4n) is 2.91. The molecule has 0 aliphatic rings. The molecule has 0 radical (unpaired) electrons. The molecule has 0 aliphatic carbocycles. The third-order valence-electron chi connectivity index (χ3n) is 4.37. The van der Waals surface area contributed by atoms with Crippen LogP contribution in [0, 0.1) is 0 Å². The fourth-order valence-corrected chi connectivity index (χ4v) is 4.12. The van der Waals surface area contributed by atoms with Crippen LogP contribution in [0.4, 0.5) is 0 Å². The Morgan fingerprint density at radius 1 is 1.00 bits per heavy atom. The average molecular weight is 437 g/mol. The normalized spacial score (nSPS) is 13.3. The second kappa shape index (κ2) is 11.0. The van der Waals surface area contributed by atoms with Crippen molar-refractivity contribution in [1.29, 1.82) is 0 Å². The molecule has 1 amide bonds. The van der Waals surface area contributed by atoms with E-state index in [1.165, 1.54) is 39.5 Å². The van der Waals surface area contributed by atoms with Crippen molar-refractivity contribution in [3.05, 3.63) is 54.1 Å². The summed E-state index contributed by atoms with van der Waals surface area (Å²) >= 11 is 0. The zero-order valence-electron chi connectivity index (χ0n) is 17.5. The van der Waals surface area contributed by atoms with Crippen LogP contribution in [0.25, 0.3) is 0 Å². The van der Waals surface area contributed by atoms with Gasteiger partial charge in [-0.2, -0.15) is 4.72 Å². The Balaban J connectivity index is 2.30. The minimum atomic E-state index is -4.01. The van der Waals surface area contributed by atoms with Gasteiger partial charge in [0.2, 0.25) is 15.9 Å². The number of ether oxygens (including phenoxy) is 3. The lowest BCUT2D eigenvalue weighted by atomic mass is 10.1. The summed E-state index contributed by atoms with van der Waals surface area (Å²) in [5, 5.41) is 2.78. The van der Waals surface area contributed by atoms with E-state index in [0.717, 1.165) is 5.56 Å². The molecular weight excluding hydrogens is 408 g/mol. The molecule has 0 saturated heterocycles. The SMILES string of the molecule is COC[C@H](C)NC(=O)[C@@H](Cc1ccccc1)NS(=O)(=O)c1ccc(OC)c(OC)c1. The van der Waals surface area contributed by atoms with Gasteiger partial charge in [-0.25, -0.2) is 8.42 Å². The van der Waals surface area contributed by atoms with Crippen LogP contribution in [0.2, 0.25) is 0 Å². The van der Waals surface area contributed by atoms with E-state index in [9.17, 15) is 13.2 Å². The lowest BCUT2D eigenvalue weighted by Crippen LogP contribution is -2.50. The van der Waals surface area contributed by atoms with Crippen LogP contribution in [0.15, 0.2) is 53.4 Å².